The first kappa shape index (κ1) is 7.00. The zero-order valence-electron chi connectivity index (χ0n) is 6.21. The van der Waals surface area contributed by atoms with Gasteiger partial charge in [-0.25, -0.2) is 0 Å². The van der Waals surface area contributed by atoms with Gasteiger partial charge in [0.2, 0.25) is 0 Å². The molecule has 0 aromatic carbocycles. The highest BCUT2D eigenvalue weighted by Crippen LogP contribution is 2.14. The Morgan fingerprint density at radius 2 is 2.64 bits per heavy atom. The monoisotopic (exact) mass is 166 g/mol. The molecule has 0 radical (unpaired) electrons. The summed E-state index contributed by atoms with van der Waals surface area (Å²) in [5, 5.41) is 3.30. The van der Waals surface area contributed by atoms with Gasteiger partial charge < -0.3 is 5.32 Å². The molecule has 0 amide bonds. The molecule has 11 heavy (non-hydrogen) atoms. The van der Waals surface area contributed by atoms with E-state index in [9.17, 15) is 0 Å². The number of nitrogens with one attached hydrogen (secondary N) is 1. The SMILES string of the molecule is C(=C1CCNC1)c1cncs1. The lowest BCUT2D eigenvalue weighted by molar-refractivity contribution is 0.862. The van der Waals surface area contributed by atoms with Gasteiger partial charge in [-0.2, -0.15) is 0 Å². The van der Waals surface area contributed by atoms with Gasteiger partial charge in [-0.3, -0.25) is 4.98 Å². The fourth-order valence-corrected chi connectivity index (χ4v) is 1.81. The molecule has 2 rings (SSSR count). The minimum Gasteiger partial charge on any atom is -0.313 e. The van der Waals surface area contributed by atoms with Crippen molar-refractivity contribution in [3.63, 3.8) is 0 Å². The molecule has 0 spiro atoms. The van der Waals surface area contributed by atoms with Crippen LogP contribution in [0.1, 0.15) is 11.3 Å². The van der Waals surface area contributed by atoms with Crippen LogP contribution in [-0.2, 0) is 0 Å². The molecule has 1 N–H and O–H groups in total. The fraction of sp³-hybridized carbons (Fsp3) is 0.375. The van der Waals surface area contributed by atoms with E-state index in [-0.39, 0.29) is 0 Å². The molecule has 1 aliphatic rings. The maximum atomic E-state index is 4.02. The first-order chi connectivity index (χ1) is 5.45. The lowest BCUT2D eigenvalue weighted by Crippen LogP contribution is -2.04. The second-order valence-electron chi connectivity index (χ2n) is 2.63. The molecule has 1 aliphatic heterocycles. The van der Waals surface area contributed by atoms with Gasteiger partial charge in [0.25, 0.3) is 0 Å². The van der Waals surface area contributed by atoms with Gasteiger partial charge in [0.15, 0.2) is 0 Å². The minimum atomic E-state index is 1.05. The summed E-state index contributed by atoms with van der Waals surface area (Å²) in [6.07, 6.45) is 5.34. The Kier molecular flexibility index (Phi) is 2.01. The lowest BCUT2D eigenvalue weighted by Gasteiger charge is -1.89. The number of nitrogens with zero attached hydrogens (tertiary/aromatic N) is 1. The van der Waals surface area contributed by atoms with Crippen molar-refractivity contribution in [2.45, 2.75) is 6.42 Å². The third-order valence-electron chi connectivity index (χ3n) is 1.77. The van der Waals surface area contributed by atoms with Crippen molar-refractivity contribution < 1.29 is 0 Å². The topological polar surface area (TPSA) is 24.9 Å². The van der Waals surface area contributed by atoms with E-state index in [0.717, 1.165) is 13.1 Å². The van der Waals surface area contributed by atoms with Crippen LogP contribution in [0.2, 0.25) is 0 Å². The predicted molar refractivity (Wildman–Crippen MR) is 47.6 cm³/mol. The molecule has 0 aliphatic carbocycles. The Labute approximate surface area is 70.0 Å². The summed E-state index contributed by atoms with van der Waals surface area (Å²) in [5.41, 5.74) is 3.36. The fourth-order valence-electron chi connectivity index (χ4n) is 1.21. The van der Waals surface area contributed by atoms with E-state index >= 15 is 0 Å². The van der Waals surface area contributed by atoms with Gasteiger partial charge in [-0.05, 0) is 19.0 Å². The quantitative estimate of drug-likeness (QED) is 0.684. The summed E-state index contributed by atoms with van der Waals surface area (Å²) >= 11 is 1.69. The van der Waals surface area contributed by atoms with E-state index in [2.05, 4.69) is 16.4 Å². The molecule has 1 aromatic rings. The number of thiazole rings is 1. The summed E-state index contributed by atoms with van der Waals surface area (Å²) in [7, 11) is 0. The molecule has 0 atom stereocenters. The van der Waals surface area contributed by atoms with Crippen LogP contribution in [0.15, 0.2) is 17.3 Å². The number of aromatic nitrogens is 1. The van der Waals surface area contributed by atoms with E-state index < -0.39 is 0 Å². The van der Waals surface area contributed by atoms with Crippen LogP contribution in [0.4, 0.5) is 0 Å². The van der Waals surface area contributed by atoms with E-state index in [4.69, 9.17) is 0 Å². The normalized spacial score (nSPS) is 21.3. The van der Waals surface area contributed by atoms with Crippen molar-refractivity contribution in [3.8, 4) is 0 Å². The predicted octanol–water partition coefficient (Wildman–Crippen LogP) is 1.52. The number of hydrogen-bond acceptors (Lipinski definition) is 3. The first-order valence-electron chi connectivity index (χ1n) is 3.74. The van der Waals surface area contributed by atoms with Gasteiger partial charge in [-0.15, -0.1) is 11.3 Å². The zero-order chi connectivity index (χ0) is 7.52. The molecule has 0 saturated carbocycles. The van der Waals surface area contributed by atoms with E-state index in [0.29, 0.717) is 0 Å². The molecule has 1 aromatic heterocycles. The summed E-state index contributed by atoms with van der Waals surface area (Å²) in [4.78, 5) is 5.29. The van der Waals surface area contributed by atoms with Crippen molar-refractivity contribution >= 4 is 17.4 Å². The average Bonchev–Trinajstić information content (AvgIpc) is 2.60. The summed E-state index contributed by atoms with van der Waals surface area (Å²) in [6.45, 7) is 2.18. The van der Waals surface area contributed by atoms with Crippen LogP contribution in [0.25, 0.3) is 6.08 Å². The third-order valence-corrected chi connectivity index (χ3v) is 2.50. The Hall–Kier alpha value is -0.670. The van der Waals surface area contributed by atoms with Crippen LogP contribution in [0.5, 0.6) is 0 Å². The van der Waals surface area contributed by atoms with Crippen molar-refractivity contribution in [3.05, 3.63) is 22.2 Å². The van der Waals surface area contributed by atoms with Gasteiger partial charge in [0, 0.05) is 17.6 Å². The van der Waals surface area contributed by atoms with Gasteiger partial charge >= 0.3 is 0 Å². The highest BCUT2D eigenvalue weighted by atomic mass is 32.1. The summed E-state index contributed by atoms with van der Waals surface area (Å²) in [5.74, 6) is 0. The molecule has 0 bridgehead atoms. The molecule has 2 nitrogen and oxygen atoms in total. The van der Waals surface area contributed by atoms with Crippen LogP contribution in [0.3, 0.4) is 0 Å². The van der Waals surface area contributed by atoms with E-state index in [1.165, 1.54) is 16.9 Å². The Balaban J connectivity index is 2.13. The highest BCUT2D eigenvalue weighted by Gasteiger charge is 2.04. The van der Waals surface area contributed by atoms with Crippen LogP contribution in [0, 0.1) is 0 Å². The highest BCUT2D eigenvalue weighted by molar-refractivity contribution is 7.10. The maximum Gasteiger partial charge on any atom is 0.0797 e. The summed E-state index contributed by atoms with van der Waals surface area (Å²) in [6, 6.07) is 0. The van der Waals surface area contributed by atoms with Crippen molar-refractivity contribution in [1.29, 1.82) is 0 Å². The van der Waals surface area contributed by atoms with Crippen molar-refractivity contribution in [2.24, 2.45) is 0 Å². The molecule has 58 valence electrons. The molecule has 3 heteroatoms. The summed E-state index contributed by atoms with van der Waals surface area (Å²) < 4.78 is 0. The van der Waals surface area contributed by atoms with Crippen LogP contribution in [-0.4, -0.2) is 18.1 Å². The first-order valence-corrected chi connectivity index (χ1v) is 4.62. The van der Waals surface area contributed by atoms with Crippen molar-refractivity contribution in [2.75, 3.05) is 13.1 Å². The number of hydrogen-bond donors (Lipinski definition) is 1. The smallest absolute Gasteiger partial charge is 0.0797 e. The maximum absolute atomic E-state index is 4.02. The largest absolute Gasteiger partial charge is 0.313 e. The zero-order valence-corrected chi connectivity index (χ0v) is 7.03. The molecule has 2 heterocycles. The van der Waals surface area contributed by atoms with Crippen LogP contribution >= 0.6 is 11.3 Å². The Morgan fingerprint density at radius 1 is 1.64 bits per heavy atom. The number of rotatable bonds is 1. The second kappa shape index (κ2) is 3.15. The Morgan fingerprint density at radius 3 is 3.27 bits per heavy atom. The van der Waals surface area contributed by atoms with Gasteiger partial charge in [0.1, 0.15) is 0 Å². The van der Waals surface area contributed by atoms with E-state index in [1.807, 2.05) is 11.7 Å². The Bertz CT molecular complexity index is 243. The molecular formula is C8H10N2S. The molecule has 0 unspecified atom stereocenters. The van der Waals surface area contributed by atoms with Crippen molar-refractivity contribution in [1.82, 2.24) is 10.3 Å². The van der Waals surface area contributed by atoms with Crippen LogP contribution < -0.4 is 5.32 Å². The molecular weight excluding hydrogens is 156 g/mol. The van der Waals surface area contributed by atoms with E-state index in [1.54, 1.807) is 11.3 Å². The van der Waals surface area contributed by atoms with Gasteiger partial charge in [0.05, 0.1) is 5.51 Å². The average molecular weight is 166 g/mol. The molecule has 1 saturated heterocycles. The second-order valence-corrected chi connectivity index (χ2v) is 3.55. The molecule has 1 fully saturated rings. The standard InChI is InChI=1S/C8H10N2S/c1-2-9-4-7(1)3-8-5-10-6-11-8/h3,5-6,9H,1-2,4H2. The lowest BCUT2D eigenvalue weighted by atomic mass is 10.2. The minimum absolute atomic E-state index is 1.05. The van der Waals surface area contributed by atoms with Gasteiger partial charge in [-0.1, -0.05) is 5.57 Å². The third kappa shape index (κ3) is 1.67.